The number of rotatable bonds is 10. The summed E-state index contributed by atoms with van der Waals surface area (Å²) in [6.07, 6.45) is 0.402. The van der Waals surface area contributed by atoms with Crippen molar-refractivity contribution in [3.63, 3.8) is 0 Å². The number of benzene rings is 3. The first-order valence-electron chi connectivity index (χ1n) is 13.0. The van der Waals surface area contributed by atoms with Gasteiger partial charge >= 0.3 is 0 Å². The van der Waals surface area contributed by atoms with Gasteiger partial charge in [-0.05, 0) is 43.2 Å². The topological polar surface area (TPSA) is 51.0 Å². The molecule has 0 bridgehead atoms. The van der Waals surface area contributed by atoms with E-state index in [9.17, 15) is 4.79 Å². The van der Waals surface area contributed by atoms with Gasteiger partial charge in [0.15, 0.2) is 0 Å². The molecule has 6 heteroatoms. The number of aromatic nitrogens is 3. The van der Waals surface area contributed by atoms with Crippen LogP contribution in [0.4, 0.5) is 0 Å². The Morgan fingerprint density at radius 2 is 1.47 bits per heavy atom. The Kier molecular flexibility index (Phi) is 7.74. The van der Waals surface area contributed by atoms with E-state index in [0.717, 1.165) is 22.6 Å². The Hall–Kier alpha value is -3.25. The van der Waals surface area contributed by atoms with Gasteiger partial charge in [0.2, 0.25) is 5.91 Å². The highest BCUT2D eigenvalue weighted by atomic mass is 28.3. The lowest BCUT2D eigenvalue weighted by atomic mass is 9.73. The van der Waals surface area contributed by atoms with Crippen LogP contribution < -0.4 is 0 Å². The van der Waals surface area contributed by atoms with Crippen LogP contribution in [-0.2, 0) is 10.3 Å². The summed E-state index contributed by atoms with van der Waals surface area (Å²) < 4.78 is 2.14. The fourth-order valence-electron chi connectivity index (χ4n) is 5.60. The molecule has 2 atom stereocenters. The first-order chi connectivity index (χ1) is 17.3. The smallest absolute Gasteiger partial charge is 0.223 e. The average molecular weight is 499 g/mol. The zero-order valence-corrected chi connectivity index (χ0v) is 23.2. The molecule has 3 aromatic carbocycles. The third-order valence-electron chi connectivity index (χ3n) is 7.08. The van der Waals surface area contributed by atoms with Crippen LogP contribution in [0.2, 0.25) is 25.7 Å². The summed E-state index contributed by atoms with van der Waals surface area (Å²) in [6.45, 7) is 12.7. The van der Waals surface area contributed by atoms with E-state index in [2.05, 4.69) is 104 Å². The largest absolute Gasteiger partial charge is 0.343 e. The van der Waals surface area contributed by atoms with Gasteiger partial charge in [-0.2, -0.15) is 0 Å². The molecule has 1 heterocycles. The molecule has 0 N–H and O–H groups in total. The second-order valence-electron chi connectivity index (χ2n) is 10.8. The highest BCUT2D eigenvalue weighted by molar-refractivity contribution is 6.76. The molecule has 0 spiro atoms. The maximum atomic E-state index is 13.8. The maximum absolute atomic E-state index is 13.8. The van der Waals surface area contributed by atoms with Crippen molar-refractivity contribution < 1.29 is 4.79 Å². The standard InChI is InChI=1S/C30H38N4OSi/c1-6-33(7-2)29(35)22-26(24-16-10-8-11-17-24)30(23-36(3,4)5,25-18-12-9-13-19-25)34-28-21-15-14-20-27(28)31-32-34/h8-21,26H,6-7,22-23H2,1-5H3. The number of carbonyl (C=O) groups excluding carboxylic acids is 1. The monoisotopic (exact) mass is 498 g/mol. The molecule has 0 aliphatic rings. The van der Waals surface area contributed by atoms with Crippen molar-refractivity contribution >= 4 is 25.0 Å². The first-order valence-corrected chi connectivity index (χ1v) is 16.7. The maximum Gasteiger partial charge on any atom is 0.223 e. The Morgan fingerprint density at radius 1 is 0.889 bits per heavy atom. The van der Waals surface area contributed by atoms with Gasteiger partial charge in [0.05, 0.1) is 11.1 Å². The first kappa shape index (κ1) is 25.8. The summed E-state index contributed by atoms with van der Waals surface area (Å²) in [5.74, 6) is 0.0557. The zero-order valence-electron chi connectivity index (χ0n) is 22.2. The summed E-state index contributed by atoms with van der Waals surface area (Å²) in [4.78, 5) is 15.7. The predicted octanol–water partition coefficient (Wildman–Crippen LogP) is 6.56. The summed E-state index contributed by atoms with van der Waals surface area (Å²) >= 11 is 0. The lowest BCUT2D eigenvalue weighted by molar-refractivity contribution is -0.131. The summed E-state index contributed by atoms with van der Waals surface area (Å²) in [5.41, 5.74) is 3.61. The van der Waals surface area contributed by atoms with E-state index in [1.165, 1.54) is 5.56 Å². The van der Waals surface area contributed by atoms with Crippen LogP contribution in [0.1, 0.15) is 37.3 Å². The molecule has 0 saturated carbocycles. The van der Waals surface area contributed by atoms with Gasteiger partial charge in [-0.3, -0.25) is 4.79 Å². The van der Waals surface area contributed by atoms with Gasteiger partial charge in [-0.1, -0.05) is 97.7 Å². The van der Waals surface area contributed by atoms with Crippen molar-refractivity contribution in [3.05, 3.63) is 96.1 Å². The number of hydrogen-bond acceptors (Lipinski definition) is 3. The Morgan fingerprint density at radius 3 is 2.08 bits per heavy atom. The van der Waals surface area contributed by atoms with Crippen molar-refractivity contribution in [1.29, 1.82) is 0 Å². The molecule has 36 heavy (non-hydrogen) atoms. The van der Waals surface area contributed by atoms with Crippen LogP contribution in [0, 0.1) is 0 Å². The molecule has 0 aliphatic carbocycles. The number of hydrogen-bond donors (Lipinski definition) is 0. The van der Waals surface area contributed by atoms with E-state index in [-0.39, 0.29) is 11.8 Å². The third-order valence-corrected chi connectivity index (χ3v) is 8.68. The molecule has 5 nitrogen and oxygen atoms in total. The molecule has 0 fully saturated rings. The lowest BCUT2D eigenvalue weighted by Gasteiger charge is -2.45. The molecule has 2 unspecified atom stereocenters. The summed E-state index contributed by atoms with van der Waals surface area (Å²) in [5, 5.41) is 9.43. The van der Waals surface area contributed by atoms with Gasteiger partial charge in [-0.25, -0.2) is 4.68 Å². The van der Waals surface area contributed by atoms with E-state index in [4.69, 9.17) is 5.21 Å². The van der Waals surface area contributed by atoms with Crippen LogP contribution in [-0.4, -0.2) is 47.0 Å². The summed E-state index contributed by atoms with van der Waals surface area (Å²) in [7, 11) is -1.72. The highest BCUT2D eigenvalue weighted by Gasteiger charge is 2.48. The normalized spacial score (nSPS) is 14.4. The molecular weight excluding hydrogens is 460 g/mol. The van der Waals surface area contributed by atoms with E-state index in [1.54, 1.807) is 0 Å². The summed E-state index contributed by atoms with van der Waals surface area (Å²) in [6, 6.07) is 30.3. The SMILES string of the molecule is CCN(CC)C(=O)CC(c1ccccc1)C(C[Si](C)(C)C)(c1ccccc1)n1nnc2ccccc21. The van der Waals surface area contributed by atoms with Gasteiger partial charge < -0.3 is 4.90 Å². The Balaban J connectivity index is 2.07. The number of amides is 1. The Labute approximate surface area is 216 Å². The lowest BCUT2D eigenvalue weighted by Crippen LogP contribution is -2.48. The van der Waals surface area contributed by atoms with Crippen molar-refractivity contribution in [3.8, 4) is 0 Å². The molecule has 0 aliphatic heterocycles. The van der Waals surface area contributed by atoms with Gasteiger partial charge in [-0.15, -0.1) is 5.10 Å². The van der Waals surface area contributed by atoms with E-state index in [1.807, 2.05) is 29.2 Å². The van der Waals surface area contributed by atoms with Crippen molar-refractivity contribution in [2.24, 2.45) is 0 Å². The van der Waals surface area contributed by atoms with Gasteiger partial charge in [0.1, 0.15) is 5.52 Å². The number of para-hydroxylation sites is 1. The minimum Gasteiger partial charge on any atom is -0.343 e. The molecule has 4 rings (SSSR count). The second-order valence-corrected chi connectivity index (χ2v) is 16.2. The van der Waals surface area contributed by atoms with E-state index < -0.39 is 13.6 Å². The molecule has 0 saturated heterocycles. The van der Waals surface area contributed by atoms with Crippen LogP contribution in [0.15, 0.2) is 84.9 Å². The average Bonchev–Trinajstić information content (AvgIpc) is 3.32. The van der Waals surface area contributed by atoms with Crippen LogP contribution in [0.3, 0.4) is 0 Å². The number of fused-ring (bicyclic) bond motifs is 1. The Bertz CT molecular complexity index is 1280. The molecule has 0 radical (unpaired) electrons. The molecule has 188 valence electrons. The number of nitrogens with zero attached hydrogens (tertiary/aromatic N) is 4. The highest BCUT2D eigenvalue weighted by Crippen LogP contribution is 2.49. The predicted molar refractivity (Wildman–Crippen MR) is 151 cm³/mol. The molecule has 1 aromatic heterocycles. The number of carbonyl (C=O) groups is 1. The fraction of sp³-hybridized carbons (Fsp3) is 0.367. The fourth-order valence-corrected chi connectivity index (χ4v) is 7.82. The van der Waals surface area contributed by atoms with Crippen molar-refractivity contribution in [2.45, 2.75) is 57.4 Å². The molecule has 4 aromatic rings. The quantitative estimate of drug-likeness (QED) is 0.233. The minimum atomic E-state index is -1.72. The third kappa shape index (κ3) is 5.14. The van der Waals surface area contributed by atoms with E-state index >= 15 is 0 Å². The van der Waals surface area contributed by atoms with Crippen LogP contribution in [0.25, 0.3) is 11.0 Å². The minimum absolute atomic E-state index is 0.119. The molecule has 1 amide bonds. The van der Waals surface area contributed by atoms with Crippen LogP contribution >= 0.6 is 0 Å². The van der Waals surface area contributed by atoms with Crippen molar-refractivity contribution in [1.82, 2.24) is 19.9 Å². The van der Waals surface area contributed by atoms with Crippen LogP contribution in [0.5, 0.6) is 0 Å². The van der Waals surface area contributed by atoms with E-state index in [0.29, 0.717) is 19.5 Å². The van der Waals surface area contributed by atoms with Gasteiger partial charge in [0, 0.05) is 33.5 Å². The molecular formula is C30H38N4OSi. The van der Waals surface area contributed by atoms with Gasteiger partial charge in [0.25, 0.3) is 0 Å². The zero-order chi connectivity index (χ0) is 25.8. The second kappa shape index (κ2) is 10.8. The van der Waals surface area contributed by atoms with Crippen molar-refractivity contribution in [2.75, 3.05) is 13.1 Å².